The Hall–Kier alpha value is -1.37. The van der Waals surface area contributed by atoms with Gasteiger partial charge in [-0.15, -0.1) is 0 Å². The molecular formula is C18H20O. The predicted molar refractivity (Wildman–Crippen MR) is 76.7 cm³/mol. The van der Waals surface area contributed by atoms with E-state index in [-0.39, 0.29) is 5.41 Å². The van der Waals surface area contributed by atoms with Crippen LogP contribution in [0.2, 0.25) is 0 Å². The van der Waals surface area contributed by atoms with E-state index >= 15 is 0 Å². The van der Waals surface area contributed by atoms with E-state index in [2.05, 4.69) is 37.3 Å². The molecule has 3 atom stereocenters. The maximum atomic E-state index is 12.2. The first kappa shape index (κ1) is 11.5. The minimum absolute atomic E-state index is 0.0551. The third kappa shape index (κ3) is 1.45. The Bertz CT molecular complexity index is 583. The molecule has 0 radical (unpaired) electrons. The van der Waals surface area contributed by atoms with E-state index in [1.54, 1.807) is 5.57 Å². The van der Waals surface area contributed by atoms with Crippen molar-refractivity contribution in [1.82, 2.24) is 0 Å². The number of carbonyl (C=O) groups excluding carboxylic acids is 1. The maximum Gasteiger partial charge on any atom is 0.139 e. The molecule has 1 heteroatoms. The lowest BCUT2D eigenvalue weighted by Gasteiger charge is -2.43. The summed E-state index contributed by atoms with van der Waals surface area (Å²) >= 11 is 0. The van der Waals surface area contributed by atoms with Crippen molar-refractivity contribution in [3.05, 3.63) is 41.5 Å². The van der Waals surface area contributed by atoms with Crippen LogP contribution >= 0.6 is 0 Å². The third-order valence-corrected chi connectivity index (χ3v) is 5.82. The molecule has 0 aliphatic heterocycles. The molecule has 1 saturated carbocycles. The highest BCUT2D eigenvalue weighted by molar-refractivity contribution is 5.89. The van der Waals surface area contributed by atoms with Crippen molar-refractivity contribution in [2.24, 2.45) is 17.3 Å². The standard InChI is InChI=1S/C18H20O/c1-18-11-10-14-13-5-3-2-4-12(13)6-7-15(14)16(18)8-9-17(18)19/h2-5,10,15-16H,6-9,11H2,1H3/t15-,16+,18+/m1/s1. The lowest BCUT2D eigenvalue weighted by Crippen LogP contribution is -2.38. The first-order valence-corrected chi connectivity index (χ1v) is 7.52. The Morgan fingerprint density at radius 3 is 2.89 bits per heavy atom. The number of fused-ring (bicyclic) bond motifs is 5. The highest BCUT2D eigenvalue weighted by atomic mass is 16.1. The quantitative estimate of drug-likeness (QED) is 0.681. The normalized spacial score (nSPS) is 36.3. The molecule has 0 amide bonds. The van der Waals surface area contributed by atoms with Crippen molar-refractivity contribution in [3.63, 3.8) is 0 Å². The second-order valence-electron chi connectivity index (χ2n) is 6.65. The average Bonchev–Trinajstić information content (AvgIpc) is 2.75. The smallest absolute Gasteiger partial charge is 0.139 e. The van der Waals surface area contributed by atoms with Gasteiger partial charge in [0.15, 0.2) is 0 Å². The Morgan fingerprint density at radius 1 is 1.16 bits per heavy atom. The molecule has 1 aromatic carbocycles. The fourth-order valence-corrected chi connectivity index (χ4v) is 4.70. The number of allylic oxidation sites excluding steroid dienone is 2. The van der Waals surface area contributed by atoms with Gasteiger partial charge in [-0.1, -0.05) is 37.3 Å². The van der Waals surface area contributed by atoms with Gasteiger partial charge >= 0.3 is 0 Å². The van der Waals surface area contributed by atoms with Crippen molar-refractivity contribution < 1.29 is 4.79 Å². The minimum atomic E-state index is -0.0551. The largest absolute Gasteiger partial charge is 0.299 e. The van der Waals surface area contributed by atoms with E-state index in [0.29, 0.717) is 17.6 Å². The molecule has 1 fully saturated rings. The fourth-order valence-electron chi connectivity index (χ4n) is 4.70. The SMILES string of the molecule is C[C@]12CC=C3c4ccccc4CC[C@H]3[C@@H]1CCC2=O. The molecule has 19 heavy (non-hydrogen) atoms. The summed E-state index contributed by atoms with van der Waals surface area (Å²) in [5.74, 6) is 1.72. The summed E-state index contributed by atoms with van der Waals surface area (Å²) in [6, 6.07) is 8.83. The van der Waals surface area contributed by atoms with Crippen LogP contribution in [0.5, 0.6) is 0 Å². The summed E-state index contributed by atoms with van der Waals surface area (Å²) in [6.07, 6.45) is 7.66. The van der Waals surface area contributed by atoms with Crippen LogP contribution in [0.1, 0.15) is 43.7 Å². The number of ketones is 1. The van der Waals surface area contributed by atoms with E-state index in [0.717, 1.165) is 19.3 Å². The van der Waals surface area contributed by atoms with Crippen LogP contribution in [0.4, 0.5) is 0 Å². The lowest BCUT2D eigenvalue weighted by molar-refractivity contribution is -0.126. The average molecular weight is 252 g/mol. The zero-order valence-corrected chi connectivity index (χ0v) is 11.5. The predicted octanol–water partition coefficient (Wildman–Crippen LogP) is 4.02. The van der Waals surface area contributed by atoms with Crippen LogP contribution in [0, 0.1) is 17.3 Å². The molecule has 98 valence electrons. The molecule has 0 N–H and O–H groups in total. The van der Waals surface area contributed by atoms with Crippen LogP contribution in [0.25, 0.3) is 5.57 Å². The summed E-state index contributed by atoms with van der Waals surface area (Å²) < 4.78 is 0. The number of aryl methyl sites for hydroxylation is 1. The summed E-state index contributed by atoms with van der Waals surface area (Å²) in [4.78, 5) is 12.2. The Kier molecular flexibility index (Phi) is 2.30. The molecule has 1 aromatic rings. The molecule has 4 rings (SSSR count). The number of rotatable bonds is 0. The van der Waals surface area contributed by atoms with E-state index in [1.165, 1.54) is 24.0 Å². The molecule has 1 nitrogen and oxygen atoms in total. The highest BCUT2D eigenvalue weighted by Gasteiger charge is 2.51. The van der Waals surface area contributed by atoms with E-state index in [4.69, 9.17) is 0 Å². The summed E-state index contributed by atoms with van der Waals surface area (Å²) in [5, 5.41) is 0. The van der Waals surface area contributed by atoms with Crippen molar-refractivity contribution in [1.29, 1.82) is 0 Å². The van der Waals surface area contributed by atoms with Gasteiger partial charge in [0, 0.05) is 11.8 Å². The van der Waals surface area contributed by atoms with Crippen LogP contribution < -0.4 is 0 Å². The Labute approximate surface area is 114 Å². The van der Waals surface area contributed by atoms with Gasteiger partial charge in [-0.2, -0.15) is 0 Å². The minimum Gasteiger partial charge on any atom is -0.299 e. The van der Waals surface area contributed by atoms with E-state index < -0.39 is 0 Å². The first-order valence-electron chi connectivity index (χ1n) is 7.52. The van der Waals surface area contributed by atoms with Gasteiger partial charge < -0.3 is 0 Å². The zero-order valence-electron chi connectivity index (χ0n) is 11.5. The van der Waals surface area contributed by atoms with Crippen molar-refractivity contribution in [3.8, 4) is 0 Å². The molecular weight excluding hydrogens is 232 g/mol. The van der Waals surface area contributed by atoms with Crippen LogP contribution in [-0.2, 0) is 11.2 Å². The lowest BCUT2D eigenvalue weighted by atomic mass is 9.60. The Balaban J connectivity index is 1.82. The van der Waals surface area contributed by atoms with Gasteiger partial charge in [0.25, 0.3) is 0 Å². The number of Topliss-reactive ketones (excluding diaryl/α,β-unsaturated/α-hetero) is 1. The van der Waals surface area contributed by atoms with Gasteiger partial charge in [0.05, 0.1) is 0 Å². The summed E-state index contributed by atoms with van der Waals surface area (Å²) in [7, 11) is 0. The Morgan fingerprint density at radius 2 is 2.00 bits per heavy atom. The van der Waals surface area contributed by atoms with E-state index in [1.807, 2.05) is 0 Å². The molecule has 0 heterocycles. The molecule has 3 aliphatic rings. The summed E-state index contributed by atoms with van der Waals surface area (Å²) in [5.41, 5.74) is 4.44. The van der Waals surface area contributed by atoms with Gasteiger partial charge in [-0.3, -0.25) is 4.79 Å². The van der Waals surface area contributed by atoms with Crippen molar-refractivity contribution in [2.75, 3.05) is 0 Å². The molecule has 0 aromatic heterocycles. The second kappa shape index (κ2) is 3.82. The highest BCUT2D eigenvalue weighted by Crippen LogP contribution is 2.56. The topological polar surface area (TPSA) is 17.1 Å². The van der Waals surface area contributed by atoms with Crippen LogP contribution in [-0.4, -0.2) is 5.78 Å². The van der Waals surface area contributed by atoms with Gasteiger partial charge in [-0.05, 0) is 54.2 Å². The molecule has 3 aliphatic carbocycles. The first-order chi connectivity index (χ1) is 9.20. The number of hydrogen-bond donors (Lipinski definition) is 0. The van der Waals surface area contributed by atoms with Crippen molar-refractivity contribution >= 4 is 11.4 Å². The maximum absolute atomic E-state index is 12.2. The molecule has 0 unspecified atom stereocenters. The van der Waals surface area contributed by atoms with Crippen LogP contribution in [0.3, 0.4) is 0 Å². The van der Waals surface area contributed by atoms with Crippen LogP contribution in [0.15, 0.2) is 30.3 Å². The monoisotopic (exact) mass is 252 g/mol. The van der Waals surface area contributed by atoms with Gasteiger partial charge in [0.2, 0.25) is 0 Å². The molecule has 0 spiro atoms. The molecule has 0 bridgehead atoms. The number of carbonyl (C=O) groups is 1. The van der Waals surface area contributed by atoms with Gasteiger partial charge in [0.1, 0.15) is 5.78 Å². The number of hydrogen-bond acceptors (Lipinski definition) is 1. The zero-order chi connectivity index (χ0) is 13.0. The van der Waals surface area contributed by atoms with Gasteiger partial charge in [-0.25, -0.2) is 0 Å². The number of benzene rings is 1. The van der Waals surface area contributed by atoms with Crippen molar-refractivity contribution in [2.45, 2.75) is 39.0 Å². The third-order valence-electron chi connectivity index (χ3n) is 5.82. The fraction of sp³-hybridized carbons (Fsp3) is 0.500. The van der Waals surface area contributed by atoms with E-state index in [9.17, 15) is 4.79 Å². The summed E-state index contributed by atoms with van der Waals surface area (Å²) in [6.45, 7) is 2.21. The second-order valence-corrected chi connectivity index (χ2v) is 6.65. The molecule has 0 saturated heterocycles.